The fourth-order valence-electron chi connectivity index (χ4n) is 4.78. The number of esters is 2. The number of carbonyl (C=O) groups is 2. The van der Waals surface area contributed by atoms with E-state index in [0.29, 0.717) is 18.3 Å². The lowest BCUT2D eigenvalue weighted by Gasteiger charge is -2.35. The van der Waals surface area contributed by atoms with Gasteiger partial charge in [-0.1, -0.05) is 6.92 Å². The van der Waals surface area contributed by atoms with Crippen LogP contribution in [-0.4, -0.2) is 23.6 Å². The highest BCUT2D eigenvalue weighted by atomic mass is 16.6. The second-order valence-corrected chi connectivity index (χ2v) is 9.00. The SMILES string of the molecule is CCC(C)(C)C(=O)OC1CC(C)(C)OC(=O)C2C3CCC(C3)C12. The molecule has 3 rings (SSSR count). The Kier molecular flexibility index (Phi) is 4.01. The Morgan fingerprint density at radius 1 is 1.30 bits per heavy atom. The van der Waals surface area contributed by atoms with Crippen molar-refractivity contribution in [2.45, 2.75) is 78.4 Å². The molecule has 2 aliphatic carbocycles. The van der Waals surface area contributed by atoms with Crippen LogP contribution < -0.4 is 0 Å². The molecule has 1 aliphatic heterocycles. The molecule has 5 unspecified atom stereocenters. The molecule has 2 saturated carbocycles. The Labute approximate surface area is 139 Å². The summed E-state index contributed by atoms with van der Waals surface area (Å²) >= 11 is 0. The molecule has 130 valence electrons. The Morgan fingerprint density at radius 2 is 1.96 bits per heavy atom. The van der Waals surface area contributed by atoms with Gasteiger partial charge in [-0.3, -0.25) is 9.59 Å². The lowest BCUT2D eigenvalue weighted by Crippen LogP contribution is -2.40. The van der Waals surface area contributed by atoms with Gasteiger partial charge >= 0.3 is 11.9 Å². The first-order chi connectivity index (χ1) is 10.6. The summed E-state index contributed by atoms with van der Waals surface area (Å²) in [5, 5.41) is 0. The van der Waals surface area contributed by atoms with Gasteiger partial charge in [-0.2, -0.15) is 0 Å². The van der Waals surface area contributed by atoms with Gasteiger partial charge in [-0.25, -0.2) is 0 Å². The minimum Gasteiger partial charge on any atom is -0.461 e. The molecule has 0 N–H and O–H groups in total. The van der Waals surface area contributed by atoms with Crippen LogP contribution in [0.5, 0.6) is 0 Å². The van der Waals surface area contributed by atoms with Crippen LogP contribution in [0.15, 0.2) is 0 Å². The maximum atomic E-state index is 12.6. The minimum atomic E-state index is -0.567. The molecular weight excluding hydrogens is 292 g/mol. The summed E-state index contributed by atoms with van der Waals surface area (Å²) in [6.07, 6.45) is 4.52. The third-order valence-electron chi connectivity index (χ3n) is 6.45. The van der Waals surface area contributed by atoms with Crippen molar-refractivity contribution in [2.75, 3.05) is 0 Å². The lowest BCUT2D eigenvalue weighted by atomic mass is 9.75. The summed E-state index contributed by atoms with van der Waals surface area (Å²) in [7, 11) is 0. The zero-order valence-electron chi connectivity index (χ0n) is 15.1. The van der Waals surface area contributed by atoms with E-state index in [0.717, 1.165) is 25.7 Å². The molecule has 4 nitrogen and oxygen atoms in total. The molecule has 0 radical (unpaired) electrons. The monoisotopic (exact) mass is 322 g/mol. The van der Waals surface area contributed by atoms with Crippen LogP contribution in [0.2, 0.25) is 0 Å². The Bertz CT molecular complexity index is 507. The summed E-state index contributed by atoms with van der Waals surface area (Å²) in [4.78, 5) is 25.2. The van der Waals surface area contributed by atoms with Crippen LogP contribution in [0.1, 0.15) is 66.7 Å². The van der Waals surface area contributed by atoms with E-state index in [1.807, 2.05) is 34.6 Å². The summed E-state index contributed by atoms with van der Waals surface area (Å²) < 4.78 is 11.8. The standard InChI is InChI=1S/C19H30O4/c1-6-18(2,3)17(21)22-13-10-19(4,5)23-16(20)15-12-8-7-11(9-12)14(13)15/h11-15H,6-10H2,1-5H3. The van der Waals surface area contributed by atoms with Gasteiger partial charge in [-0.05, 0) is 65.2 Å². The van der Waals surface area contributed by atoms with E-state index in [4.69, 9.17) is 9.47 Å². The quantitative estimate of drug-likeness (QED) is 0.743. The fourth-order valence-corrected chi connectivity index (χ4v) is 4.78. The molecule has 1 heterocycles. The van der Waals surface area contributed by atoms with Crippen LogP contribution in [0.25, 0.3) is 0 Å². The molecule has 0 amide bonds. The second-order valence-electron chi connectivity index (χ2n) is 9.00. The van der Waals surface area contributed by atoms with E-state index in [1.54, 1.807) is 0 Å². The largest absolute Gasteiger partial charge is 0.461 e. The van der Waals surface area contributed by atoms with Crippen molar-refractivity contribution in [3.63, 3.8) is 0 Å². The zero-order chi connectivity index (χ0) is 17.0. The van der Waals surface area contributed by atoms with Gasteiger partial charge in [0.05, 0.1) is 11.3 Å². The molecule has 0 aromatic heterocycles. The first-order valence-electron chi connectivity index (χ1n) is 9.08. The minimum absolute atomic E-state index is 0.0690. The molecular formula is C19H30O4. The highest BCUT2D eigenvalue weighted by Gasteiger charge is 2.58. The van der Waals surface area contributed by atoms with Gasteiger partial charge in [-0.15, -0.1) is 0 Å². The normalized spacial score (nSPS) is 38.7. The van der Waals surface area contributed by atoms with Crippen molar-refractivity contribution in [3.05, 3.63) is 0 Å². The van der Waals surface area contributed by atoms with E-state index >= 15 is 0 Å². The predicted octanol–water partition coefficient (Wildman–Crippen LogP) is 3.72. The predicted molar refractivity (Wildman–Crippen MR) is 86.6 cm³/mol. The molecule has 1 saturated heterocycles. The maximum Gasteiger partial charge on any atom is 0.311 e. The van der Waals surface area contributed by atoms with Gasteiger partial charge < -0.3 is 9.47 Å². The Balaban J connectivity index is 1.87. The first-order valence-corrected chi connectivity index (χ1v) is 9.08. The van der Waals surface area contributed by atoms with E-state index in [2.05, 4.69) is 0 Å². The summed E-state index contributed by atoms with van der Waals surface area (Å²) in [6, 6.07) is 0. The number of hydrogen-bond acceptors (Lipinski definition) is 4. The molecule has 3 fully saturated rings. The number of fused-ring (bicyclic) bond motifs is 5. The smallest absolute Gasteiger partial charge is 0.311 e. The molecule has 0 aromatic rings. The van der Waals surface area contributed by atoms with Gasteiger partial charge in [0.15, 0.2) is 0 Å². The summed E-state index contributed by atoms with van der Waals surface area (Å²) in [6.45, 7) is 9.72. The Hall–Kier alpha value is -1.06. The third-order valence-corrected chi connectivity index (χ3v) is 6.45. The van der Waals surface area contributed by atoms with E-state index in [9.17, 15) is 9.59 Å². The number of carbonyl (C=O) groups excluding carboxylic acids is 2. The second kappa shape index (κ2) is 5.49. The molecule has 0 spiro atoms. The molecule has 23 heavy (non-hydrogen) atoms. The van der Waals surface area contributed by atoms with Crippen molar-refractivity contribution in [3.8, 4) is 0 Å². The average molecular weight is 322 g/mol. The fraction of sp³-hybridized carbons (Fsp3) is 0.895. The van der Waals surface area contributed by atoms with Crippen LogP contribution in [0.4, 0.5) is 0 Å². The van der Waals surface area contributed by atoms with Crippen LogP contribution in [-0.2, 0) is 19.1 Å². The van der Waals surface area contributed by atoms with Crippen molar-refractivity contribution >= 4 is 11.9 Å². The summed E-state index contributed by atoms with van der Waals surface area (Å²) in [5.41, 5.74) is -1.05. The van der Waals surface area contributed by atoms with Crippen LogP contribution in [0.3, 0.4) is 0 Å². The first kappa shape index (κ1) is 16.8. The van der Waals surface area contributed by atoms with Crippen molar-refractivity contribution < 1.29 is 19.1 Å². The lowest BCUT2D eigenvalue weighted by molar-refractivity contribution is -0.166. The van der Waals surface area contributed by atoms with Crippen LogP contribution >= 0.6 is 0 Å². The molecule has 2 bridgehead atoms. The van der Waals surface area contributed by atoms with Gasteiger partial charge in [0.25, 0.3) is 0 Å². The molecule has 0 aromatic carbocycles. The number of hydrogen-bond donors (Lipinski definition) is 0. The van der Waals surface area contributed by atoms with Gasteiger partial charge in [0, 0.05) is 12.3 Å². The zero-order valence-corrected chi connectivity index (χ0v) is 15.1. The number of ether oxygens (including phenoxy) is 2. The summed E-state index contributed by atoms with van der Waals surface area (Å²) in [5.74, 6) is 0.802. The third kappa shape index (κ3) is 2.89. The van der Waals surface area contributed by atoms with Gasteiger partial charge in [0.2, 0.25) is 0 Å². The molecule has 5 atom stereocenters. The topological polar surface area (TPSA) is 52.6 Å². The van der Waals surface area contributed by atoms with Gasteiger partial charge in [0.1, 0.15) is 11.7 Å². The van der Waals surface area contributed by atoms with E-state index < -0.39 is 11.0 Å². The van der Waals surface area contributed by atoms with Crippen molar-refractivity contribution in [1.29, 1.82) is 0 Å². The highest BCUT2D eigenvalue weighted by Crippen LogP contribution is 2.56. The van der Waals surface area contributed by atoms with Crippen molar-refractivity contribution in [2.24, 2.45) is 29.1 Å². The average Bonchev–Trinajstić information content (AvgIpc) is 3.03. The molecule has 3 aliphatic rings. The number of rotatable bonds is 3. The number of cyclic esters (lactones) is 1. The maximum absolute atomic E-state index is 12.6. The molecule has 4 heteroatoms. The Morgan fingerprint density at radius 3 is 2.61 bits per heavy atom. The van der Waals surface area contributed by atoms with E-state index in [1.165, 1.54) is 0 Å². The van der Waals surface area contributed by atoms with Crippen molar-refractivity contribution in [1.82, 2.24) is 0 Å². The highest BCUT2D eigenvalue weighted by molar-refractivity contribution is 5.77. The van der Waals surface area contributed by atoms with E-state index in [-0.39, 0.29) is 29.9 Å². The van der Waals surface area contributed by atoms with Crippen LogP contribution in [0, 0.1) is 29.1 Å².